The third-order valence-corrected chi connectivity index (χ3v) is 7.03. The summed E-state index contributed by atoms with van der Waals surface area (Å²) in [6.07, 6.45) is 13.1. The standard InChI is InChI=1S/C30H42O2/c1-4-5-6-7-8-30(31)32-29-21-19-28(20-22-29)27-17-15-26(16-18-27)25-13-11-24(12-14-25)10-9-23(2)3/h15-25H,4-14H2,1-3H3. The number of carbonyl (C=O) groups excluding carboxylic acids is 1. The Bertz CT molecular complexity index is 796. The topological polar surface area (TPSA) is 26.3 Å². The first-order valence-electron chi connectivity index (χ1n) is 13.0. The lowest BCUT2D eigenvalue weighted by Gasteiger charge is -2.29. The number of benzene rings is 2. The zero-order valence-corrected chi connectivity index (χ0v) is 20.4. The molecule has 0 bridgehead atoms. The van der Waals surface area contributed by atoms with E-state index < -0.39 is 0 Å². The van der Waals surface area contributed by atoms with Gasteiger partial charge in [0.2, 0.25) is 0 Å². The smallest absolute Gasteiger partial charge is 0.311 e. The van der Waals surface area contributed by atoms with Gasteiger partial charge in [0.15, 0.2) is 0 Å². The van der Waals surface area contributed by atoms with Gasteiger partial charge in [0.05, 0.1) is 0 Å². The van der Waals surface area contributed by atoms with Crippen molar-refractivity contribution in [1.29, 1.82) is 0 Å². The van der Waals surface area contributed by atoms with Gasteiger partial charge >= 0.3 is 5.97 Å². The fraction of sp³-hybridized carbons (Fsp3) is 0.567. The largest absolute Gasteiger partial charge is 0.427 e. The van der Waals surface area contributed by atoms with Crippen LogP contribution in [-0.4, -0.2) is 5.97 Å². The maximum atomic E-state index is 12.0. The van der Waals surface area contributed by atoms with Crippen molar-refractivity contribution in [3.8, 4) is 16.9 Å². The Morgan fingerprint density at radius 1 is 0.875 bits per heavy atom. The van der Waals surface area contributed by atoms with Gasteiger partial charge in [-0.1, -0.05) is 89.3 Å². The molecule has 0 spiro atoms. The molecule has 0 saturated heterocycles. The molecule has 0 aliphatic heterocycles. The molecule has 0 aromatic heterocycles. The zero-order valence-electron chi connectivity index (χ0n) is 20.4. The van der Waals surface area contributed by atoms with E-state index in [9.17, 15) is 4.79 Å². The van der Waals surface area contributed by atoms with Gasteiger partial charge in [-0.3, -0.25) is 4.79 Å². The van der Waals surface area contributed by atoms with E-state index in [0.29, 0.717) is 12.2 Å². The minimum atomic E-state index is -0.128. The van der Waals surface area contributed by atoms with Gasteiger partial charge < -0.3 is 4.74 Å². The third kappa shape index (κ3) is 7.80. The van der Waals surface area contributed by atoms with Crippen LogP contribution in [0.15, 0.2) is 48.5 Å². The van der Waals surface area contributed by atoms with Crippen molar-refractivity contribution in [2.75, 3.05) is 0 Å². The van der Waals surface area contributed by atoms with Gasteiger partial charge in [0, 0.05) is 6.42 Å². The molecule has 0 amide bonds. The molecule has 0 atom stereocenters. The Balaban J connectivity index is 1.48. The van der Waals surface area contributed by atoms with Crippen molar-refractivity contribution in [3.05, 3.63) is 54.1 Å². The van der Waals surface area contributed by atoms with Crippen LogP contribution in [0.25, 0.3) is 11.1 Å². The number of unbranched alkanes of at least 4 members (excludes halogenated alkanes) is 3. The van der Waals surface area contributed by atoms with Crippen LogP contribution >= 0.6 is 0 Å². The second-order valence-corrected chi connectivity index (χ2v) is 10.1. The first-order valence-corrected chi connectivity index (χ1v) is 13.0. The second kappa shape index (κ2) is 12.8. The van der Waals surface area contributed by atoms with E-state index in [1.165, 1.54) is 62.5 Å². The quantitative estimate of drug-likeness (QED) is 0.200. The normalized spacial score (nSPS) is 18.6. The molecule has 0 N–H and O–H groups in total. The van der Waals surface area contributed by atoms with Gasteiger partial charge in [-0.15, -0.1) is 0 Å². The highest BCUT2D eigenvalue weighted by Crippen LogP contribution is 2.38. The summed E-state index contributed by atoms with van der Waals surface area (Å²) >= 11 is 0. The molecular weight excluding hydrogens is 392 g/mol. The van der Waals surface area contributed by atoms with E-state index in [2.05, 4.69) is 57.2 Å². The van der Waals surface area contributed by atoms with Crippen LogP contribution in [0.2, 0.25) is 0 Å². The summed E-state index contributed by atoms with van der Waals surface area (Å²) in [6.45, 7) is 6.85. The molecule has 0 unspecified atom stereocenters. The summed E-state index contributed by atoms with van der Waals surface area (Å²) in [6, 6.07) is 17.0. The Kier molecular flexibility index (Phi) is 9.84. The SMILES string of the molecule is CCCCCCC(=O)Oc1ccc(-c2ccc(C3CCC(CCC(C)C)CC3)cc2)cc1. The molecular formula is C30H42O2. The van der Waals surface area contributed by atoms with Crippen molar-refractivity contribution in [2.45, 2.75) is 97.3 Å². The molecule has 1 aliphatic carbocycles. The molecule has 2 nitrogen and oxygen atoms in total. The first-order chi connectivity index (χ1) is 15.5. The Hall–Kier alpha value is -2.09. The van der Waals surface area contributed by atoms with Crippen LogP contribution in [0.3, 0.4) is 0 Å². The van der Waals surface area contributed by atoms with Gasteiger partial charge in [0.1, 0.15) is 5.75 Å². The molecule has 2 aromatic carbocycles. The second-order valence-electron chi connectivity index (χ2n) is 10.1. The predicted molar refractivity (Wildman–Crippen MR) is 135 cm³/mol. The van der Waals surface area contributed by atoms with Gasteiger partial charge in [0.25, 0.3) is 0 Å². The lowest BCUT2D eigenvalue weighted by Crippen LogP contribution is -2.14. The van der Waals surface area contributed by atoms with Crippen LogP contribution in [0.1, 0.15) is 103 Å². The fourth-order valence-electron chi connectivity index (χ4n) is 4.90. The maximum absolute atomic E-state index is 12.0. The molecule has 1 saturated carbocycles. The van der Waals surface area contributed by atoms with E-state index >= 15 is 0 Å². The summed E-state index contributed by atoms with van der Waals surface area (Å²) < 4.78 is 5.48. The Morgan fingerprint density at radius 3 is 2.09 bits per heavy atom. The van der Waals surface area contributed by atoms with Crippen molar-refractivity contribution in [1.82, 2.24) is 0 Å². The monoisotopic (exact) mass is 434 g/mol. The average molecular weight is 435 g/mol. The average Bonchev–Trinajstić information content (AvgIpc) is 2.81. The number of esters is 1. The number of ether oxygens (including phenoxy) is 1. The zero-order chi connectivity index (χ0) is 22.8. The molecule has 0 radical (unpaired) electrons. The highest BCUT2D eigenvalue weighted by molar-refractivity contribution is 5.73. The molecule has 0 heterocycles. The summed E-state index contributed by atoms with van der Waals surface area (Å²) in [7, 11) is 0. The Morgan fingerprint density at radius 2 is 1.50 bits per heavy atom. The van der Waals surface area contributed by atoms with E-state index in [4.69, 9.17) is 4.74 Å². The van der Waals surface area contributed by atoms with Crippen LogP contribution in [-0.2, 0) is 4.79 Å². The fourth-order valence-corrected chi connectivity index (χ4v) is 4.90. The number of hydrogen-bond acceptors (Lipinski definition) is 2. The number of carbonyl (C=O) groups is 1. The van der Waals surface area contributed by atoms with Crippen molar-refractivity contribution < 1.29 is 9.53 Å². The van der Waals surface area contributed by atoms with Crippen LogP contribution < -0.4 is 4.74 Å². The van der Waals surface area contributed by atoms with Gasteiger partial charge in [-0.25, -0.2) is 0 Å². The molecule has 174 valence electrons. The highest BCUT2D eigenvalue weighted by atomic mass is 16.5. The van der Waals surface area contributed by atoms with Crippen LogP contribution in [0.5, 0.6) is 5.75 Å². The molecule has 3 rings (SSSR count). The third-order valence-electron chi connectivity index (χ3n) is 7.03. The van der Waals surface area contributed by atoms with E-state index in [0.717, 1.165) is 36.2 Å². The Labute approximate surface area is 195 Å². The molecule has 1 fully saturated rings. The van der Waals surface area contributed by atoms with E-state index in [-0.39, 0.29) is 5.97 Å². The summed E-state index contributed by atoms with van der Waals surface area (Å²) in [5, 5.41) is 0. The summed E-state index contributed by atoms with van der Waals surface area (Å²) in [5.41, 5.74) is 3.87. The summed E-state index contributed by atoms with van der Waals surface area (Å²) in [4.78, 5) is 12.0. The number of rotatable bonds is 11. The molecule has 1 aliphatic rings. The maximum Gasteiger partial charge on any atom is 0.311 e. The van der Waals surface area contributed by atoms with Gasteiger partial charge in [-0.2, -0.15) is 0 Å². The van der Waals surface area contributed by atoms with Crippen LogP contribution in [0.4, 0.5) is 0 Å². The van der Waals surface area contributed by atoms with E-state index in [1.807, 2.05) is 12.1 Å². The lowest BCUT2D eigenvalue weighted by atomic mass is 9.76. The molecule has 32 heavy (non-hydrogen) atoms. The van der Waals surface area contributed by atoms with Crippen molar-refractivity contribution >= 4 is 5.97 Å². The predicted octanol–water partition coefficient (Wildman–Crippen LogP) is 8.94. The highest BCUT2D eigenvalue weighted by Gasteiger charge is 2.22. The minimum Gasteiger partial charge on any atom is -0.427 e. The minimum absolute atomic E-state index is 0.128. The van der Waals surface area contributed by atoms with E-state index in [1.54, 1.807) is 0 Å². The first kappa shape index (κ1) is 24.6. The number of hydrogen-bond donors (Lipinski definition) is 0. The lowest BCUT2D eigenvalue weighted by molar-refractivity contribution is -0.134. The molecule has 2 heteroatoms. The summed E-state index contributed by atoms with van der Waals surface area (Å²) in [5.74, 6) is 3.00. The van der Waals surface area contributed by atoms with Gasteiger partial charge in [-0.05, 0) is 78.7 Å². The van der Waals surface area contributed by atoms with Crippen molar-refractivity contribution in [2.24, 2.45) is 11.8 Å². The molecule has 2 aromatic rings. The van der Waals surface area contributed by atoms with Crippen LogP contribution in [0, 0.1) is 11.8 Å². The van der Waals surface area contributed by atoms with Crippen molar-refractivity contribution in [3.63, 3.8) is 0 Å².